The third kappa shape index (κ3) is 5.32. The highest BCUT2D eigenvalue weighted by atomic mass is 16.2. The number of nitrogens with zero attached hydrogens (tertiary/aromatic N) is 2. The van der Waals surface area contributed by atoms with E-state index in [9.17, 15) is 19.2 Å². The van der Waals surface area contributed by atoms with Crippen LogP contribution in [0.25, 0.3) is 11.1 Å². The highest BCUT2D eigenvalue weighted by Gasteiger charge is 2.17. The van der Waals surface area contributed by atoms with Crippen molar-refractivity contribution in [1.29, 1.82) is 0 Å². The van der Waals surface area contributed by atoms with Gasteiger partial charge in [0.1, 0.15) is 11.4 Å². The van der Waals surface area contributed by atoms with Crippen LogP contribution in [0.2, 0.25) is 0 Å². The highest BCUT2D eigenvalue weighted by molar-refractivity contribution is 6.04. The zero-order valence-electron chi connectivity index (χ0n) is 21.7. The summed E-state index contributed by atoms with van der Waals surface area (Å²) in [4.78, 5) is 56.3. The minimum absolute atomic E-state index is 0.132. The van der Waals surface area contributed by atoms with E-state index in [1.165, 1.54) is 12.4 Å². The van der Waals surface area contributed by atoms with Crippen LogP contribution >= 0.6 is 0 Å². The highest BCUT2D eigenvalue weighted by Crippen LogP contribution is 2.32. The summed E-state index contributed by atoms with van der Waals surface area (Å²) in [5.41, 5.74) is 8.06. The van der Waals surface area contributed by atoms with Gasteiger partial charge in [-0.2, -0.15) is 0 Å². The molecule has 0 radical (unpaired) electrons. The lowest BCUT2D eigenvalue weighted by Gasteiger charge is -2.16. The fraction of sp³-hybridized carbons (Fsp3) is 0.161. The molecule has 0 unspecified atom stereocenters. The number of hydrogen-bond acceptors (Lipinski definition) is 6. The Morgan fingerprint density at radius 3 is 1.92 bits per heavy atom. The normalized spacial score (nSPS) is 10.6. The Kier molecular flexibility index (Phi) is 7.67. The van der Waals surface area contributed by atoms with Crippen molar-refractivity contribution in [2.75, 3.05) is 5.32 Å². The molecule has 7 nitrogen and oxygen atoms in total. The number of aldehydes is 2. The summed E-state index contributed by atoms with van der Waals surface area (Å²) in [6.07, 6.45) is 4.43. The Morgan fingerprint density at radius 1 is 0.763 bits per heavy atom. The van der Waals surface area contributed by atoms with Crippen molar-refractivity contribution in [1.82, 2.24) is 9.97 Å². The van der Waals surface area contributed by atoms with E-state index in [4.69, 9.17) is 0 Å². The molecule has 2 aromatic heterocycles. The van der Waals surface area contributed by atoms with Crippen LogP contribution < -0.4 is 5.32 Å². The van der Waals surface area contributed by atoms with Gasteiger partial charge in [0.15, 0.2) is 18.4 Å². The van der Waals surface area contributed by atoms with Crippen LogP contribution in [0.4, 0.5) is 5.69 Å². The van der Waals surface area contributed by atoms with E-state index in [2.05, 4.69) is 15.3 Å². The van der Waals surface area contributed by atoms with Crippen LogP contribution in [0.1, 0.15) is 69.5 Å². The minimum atomic E-state index is -0.370. The van der Waals surface area contributed by atoms with Gasteiger partial charge < -0.3 is 5.32 Å². The second-order valence-corrected chi connectivity index (χ2v) is 9.21. The number of rotatable bonds is 8. The van der Waals surface area contributed by atoms with Gasteiger partial charge >= 0.3 is 0 Å². The van der Waals surface area contributed by atoms with Gasteiger partial charge in [0.2, 0.25) is 0 Å². The molecule has 4 rings (SSSR count). The van der Waals surface area contributed by atoms with Crippen LogP contribution in [-0.2, 0) is 6.42 Å². The zero-order chi connectivity index (χ0) is 27.4. The Morgan fingerprint density at radius 2 is 1.32 bits per heavy atom. The van der Waals surface area contributed by atoms with Crippen molar-refractivity contribution < 1.29 is 19.2 Å². The number of hydrogen-bond donors (Lipinski definition) is 1. The first-order valence-corrected chi connectivity index (χ1v) is 12.1. The van der Waals surface area contributed by atoms with Crippen molar-refractivity contribution in [3.63, 3.8) is 0 Å². The van der Waals surface area contributed by atoms with E-state index in [0.717, 1.165) is 34.1 Å². The van der Waals surface area contributed by atoms with Gasteiger partial charge in [0.05, 0.1) is 0 Å². The number of nitrogens with one attached hydrogen (secondary N) is 1. The largest absolute Gasteiger partial charge is 0.320 e. The Labute approximate surface area is 221 Å². The lowest BCUT2D eigenvalue weighted by Crippen LogP contribution is -2.15. The third-order valence-electron chi connectivity index (χ3n) is 6.74. The van der Waals surface area contributed by atoms with Crippen molar-refractivity contribution in [3.05, 3.63) is 111 Å². The molecule has 1 N–H and O–H groups in total. The molecule has 0 bridgehead atoms. The summed E-state index contributed by atoms with van der Waals surface area (Å²) < 4.78 is 0. The number of pyridine rings is 2. The topological polar surface area (TPSA) is 106 Å². The van der Waals surface area contributed by atoms with Crippen molar-refractivity contribution in [2.45, 2.75) is 34.1 Å². The van der Waals surface area contributed by atoms with Crippen LogP contribution in [0.5, 0.6) is 0 Å². The van der Waals surface area contributed by atoms with E-state index >= 15 is 0 Å². The summed E-state index contributed by atoms with van der Waals surface area (Å²) in [7, 11) is 0. The molecule has 0 spiro atoms. The number of benzene rings is 2. The standard InChI is InChI=1S/C31H27N3O4/c1-18-11-28(32-14-23(18)16-35)30(37)13-22-7-5-8-25(20(22)3)26-9-6-10-27(21(26)4)34-31(38)29-12-19(2)24(17-36)15-33-29/h5-12,14-17H,13H2,1-4H3,(H,34,38). The van der Waals surface area contributed by atoms with Gasteiger partial charge in [0.25, 0.3) is 5.91 Å². The van der Waals surface area contributed by atoms with Gasteiger partial charge in [-0.1, -0.05) is 30.3 Å². The van der Waals surface area contributed by atoms with Crippen LogP contribution in [-0.4, -0.2) is 34.2 Å². The second kappa shape index (κ2) is 11.1. The maximum absolute atomic E-state index is 13.0. The molecular weight excluding hydrogens is 478 g/mol. The van der Waals surface area contributed by atoms with Crippen LogP contribution in [0, 0.1) is 27.7 Å². The van der Waals surface area contributed by atoms with E-state index in [1.807, 2.05) is 50.2 Å². The summed E-state index contributed by atoms with van der Waals surface area (Å²) >= 11 is 0. The lowest BCUT2D eigenvalue weighted by molar-refractivity contribution is 0.0985. The number of aromatic nitrogens is 2. The summed E-state index contributed by atoms with van der Waals surface area (Å²) in [6, 6.07) is 14.7. The maximum atomic E-state index is 13.0. The van der Waals surface area contributed by atoms with Gasteiger partial charge in [0, 0.05) is 35.6 Å². The first-order chi connectivity index (χ1) is 18.2. The fourth-order valence-corrected chi connectivity index (χ4v) is 4.34. The molecule has 2 aromatic carbocycles. The quantitative estimate of drug-likeness (QED) is 0.244. The number of carbonyl (C=O) groups excluding carboxylic acids is 4. The number of carbonyl (C=O) groups is 4. The number of amides is 1. The average Bonchev–Trinajstić information content (AvgIpc) is 2.91. The summed E-state index contributed by atoms with van der Waals surface area (Å²) in [5, 5.41) is 2.93. The average molecular weight is 506 g/mol. The first kappa shape index (κ1) is 26.3. The predicted molar refractivity (Wildman–Crippen MR) is 146 cm³/mol. The van der Waals surface area contributed by atoms with E-state index in [1.54, 1.807) is 26.0 Å². The first-order valence-electron chi connectivity index (χ1n) is 12.1. The number of aryl methyl sites for hydroxylation is 2. The van der Waals surface area contributed by atoms with Crippen LogP contribution in [0.15, 0.2) is 60.9 Å². The molecule has 0 aliphatic heterocycles. The molecule has 1 amide bonds. The SMILES string of the molecule is Cc1cc(C(=O)Cc2cccc(-c3cccc(NC(=O)c4cc(C)c(C=O)cn4)c3C)c2C)ncc1C=O. The molecule has 0 atom stereocenters. The van der Waals surface area contributed by atoms with Gasteiger partial charge in [-0.3, -0.25) is 29.1 Å². The Balaban J connectivity index is 1.60. The molecule has 0 fully saturated rings. The smallest absolute Gasteiger partial charge is 0.274 e. The minimum Gasteiger partial charge on any atom is -0.320 e. The molecule has 0 saturated carbocycles. The summed E-state index contributed by atoms with van der Waals surface area (Å²) in [5.74, 6) is -0.503. The molecule has 7 heteroatoms. The molecule has 4 aromatic rings. The Hall–Kier alpha value is -4.78. The Bertz CT molecular complexity index is 1470. The molecule has 0 aliphatic carbocycles. The molecule has 190 valence electrons. The monoisotopic (exact) mass is 505 g/mol. The zero-order valence-corrected chi connectivity index (χ0v) is 21.7. The number of Topliss-reactive ketones (excluding diaryl/α,β-unsaturated/α-hetero) is 1. The van der Waals surface area contributed by atoms with E-state index < -0.39 is 0 Å². The van der Waals surface area contributed by atoms with Crippen LogP contribution in [0.3, 0.4) is 0 Å². The lowest BCUT2D eigenvalue weighted by atomic mass is 9.91. The number of anilines is 1. The molecule has 0 aliphatic rings. The summed E-state index contributed by atoms with van der Waals surface area (Å²) in [6.45, 7) is 7.43. The molecule has 38 heavy (non-hydrogen) atoms. The molecular formula is C31H27N3O4. The van der Waals surface area contributed by atoms with Crippen molar-refractivity contribution in [2.24, 2.45) is 0 Å². The van der Waals surface area contributed by atoms with Crippen molar-refractivity contribution >= 4 is 30.0 Å². The van der Waals surface area contributed by atoms with Gasteiger partial charge in [-0.05, 0) is 84.8 Å². The molecule has 2 heterocycles. The fourth-order valence-electron chi connectivity index (χ4n) is 4.34. The maximum Gasteiger partial charge on any atom is 0.274 e. The van der Waals surface area contributed by atoms with Gasteiger partial charge in [-0.25, -0.2) is 0 Å². The third-order valence-corrected chi connectivity index (χ3v) is 6.74. The second-order valence-electron chi connectivity index (χ2n) is 9.21. The predicted octanol–water partition coefficient (Wildman–Crippen LogP) is 5.68. The number of ketones is 1. The van der Waals surface area contributed by atoms with Gasteiger partial charge in [-0.15, -0.1) is 0 Å². The van der Waals surface area contributed by atoms with E-state index in [0.29, 0.717) is 39.9 Å². The van der Waals surface area contributed by atoms with E-state index in [-0.39, 0.29) is 23.8 Å². The van der Waals surface area contributed by atoms with Crippen molar-refractivity contribution in [3.8, 4) is 11.1 Å². The molecule has 0 saturated heterocycles.